The highest BCUT2D eigenvalue weighted by Crippen LogP contribution is 2.21. The minimum Gasteiger partial charge on any atom is -0.333 e. The van der Waals surface area contributed by atoms with E-state index in [-0.39, 0.29) is 24.4 Å². The quantitative estimate of drug-likeness (QED) is 0.715. The molecule has 0 spiro atoms. The third-order valence-corrected chi connectivity index (χ3v) is 4.76. The molecular formula is C13H17Cl2IN2O. The Balaban J connectivity index is 0.00000180. The first-order valence-corrected chi connectivity index (χ1v) is 7.44. The van der Waals surface area contributed by atoms with E-state index >= 15 is 0 Å². The Bertz CT molecular complexity index is 470. The van der Waals surface area contributed by atoms with Gasteiger partial charge in [-0.25, -0.2) is 0 Å². The molecule has 1 N–H and O–H groups in total. The van der Waals surface area contributed by atoms with Crippen molar-refractivity contribution < 1.29 is 4.79 Å². The molecule has 0 aromatic heterocycles. The van der Waals surface area contributed by atoms with Crippen LogP contribution in [0.25, 0.3) is 0 Å². The van der Waals surface area contributed by atoms with Crippen molar-refractivity contribution in [3.05, 3.63) is 32.4 Å². The van der Waals surface area contributed by atoms with Crippen LogP contribution in [0.5, 0.6) is 0 Å². The first-order chi connectivity index (χ1) is 8.49. The maximum atomic E-state index is 12.5. The Kier molecular flexibility index (Phi) is 6.36. The molecule has 1 aromatic rings. The number of carbonyl (C=O) groups excluding carboxylic acids is 1. The smallest absolute Gasteiger partial charge is 0.254 e. The van der Waals surface area contributed by atoms with Crippen molar-refractivity contribution in [2.75, 3.05) is 13.1 Å². The van der Waals surface area contributed by atoms with E-state index in [1.165, 1.54) is 0 Å². The molecule has 1 aliphatic heterocycles. The fraction of sp³-hybridized carbons (Fsp3) is 0.462. The third-order valence-electron chi connectivity index (χ3n) is 3.19. The molecule has 1 saturated heterocycles. The summed E-state index contributed by atoms with van der Waals surface area (Å²) in [7, 11) is 0. The second-order valence-corrected chi connectivity index (χ2v) is 6.31. The third kappa shape index (κ3) is 3.97. The van der Waals surface area contributed by atoms with Gasteiger partial charge in [0.15, 0.2) is 0 Å². The van der Waals surface area contributed by atoms with Gasteiger partial charge in [-0.05, 0) is 54.6 Å². The summed E-state index contributed by atoms with van der Waals surface area (Å²) in [6, 6.07) is 6.03. The van der Waals surface area contributed by atoms with Gasteiger partial charge in [-0.15, -0.1) is 12.4 Å². The maximum Gasteiger partial charge on any atom is 0.254 e. The van der Waals surface area contributed by atoms with Crippen LogP contribution in [-0.2, 0) is 0 Å². The van der Waals surface area contributed by atoms with E-state index in [1.54, 1.807) is 6.07 Å². The van der Waals surface area contributed by atoms with Gasteiger partial charge in [-0.2, -0.15) is 0 Å². The first-order valence-electron chi connectivity index (χ1n) is 5.98. The van der Waals surface area contributed by atoms with Crippen LogP contribution in [0.4, 0.5) is 0 Å². The molecule has 2 rings (SSSR count). The van der Waals surface area contributed by atoms with Crippen LogP contribution in [0.15, 0.2) is 18.2 Å². The SMILES string of the molecule is CC1CN(C(=O)c2ccc(I)c(Cl)c2)C(C)CN1.Cl. The van der Waals surface area contributed by atoms with Crippen molar-refractivity contribution in [3.63, 3.8) is 0 Å². The summed E-state index contributed by atoms with van der Waals surface area (Å²) in [5, 5.41) is 4.00. The normalized spacial score (nSPS) is 22.8. The van der Waals surface area contributed by atoms with Crippen LogP contribution >= 0.6 is 46.6 Å². The second kappa shape index (κ2) is 7.11. The zero-order valence-electron chi connectivity index (χ0n) is 10.8. The van der Waals surface area contributed by atoms with Crippen LogP contribution in [0, 0.1) is 3.57 Å². The van der Waals surface area contributed by atoms with Crippen molar-refractivity contribution >= 4 is 52.5 Å². The van der Waals surface area contributed by atoms with Crippen LogP contribution in [0.1, 0.15) is 24.2 Å². The lowest BCUT2D eigenvalue weighted by Crippen LogP contribution is -2.56. The minimum absolute atomic E-state index is 0. The molecule has 2 atom stereocenters. The minimum atomic E-state index is 0. The van der Waals surface area contributed by atoms with E-state index < -0.39 is 0 Å². The van der Waals surface area contributed by atoms with Crippen molar-refractivity contribution in [1.29, 1.82) is 0 Å². The summed E-state index contributed by atoms with van der Waals surface area (Å²) in [5.41, 5.74) is 0.668. The van der Waals surface area contributed by atoms with Gasteiger partial charge in [0.2, 0.25) is 0 Å². The number of nitrogens with one attached hydrogen (secondary N) is 1. The highest BCUT2D eigenvalue weighted by atomic mass is 127. The average Bonchev–Trinajstić information content (AvgIpc) is 2.35. The molecular weight excluding hydrogens is 398 g/mol. The van der Waals surface area contributed by atoms with Crippen LogP contribution in [0.2, 0.25) is 5.02 Å². The number of hydrogen-bond donors (Lipinski definition) is 1. The Morgan fingerprint density at radius 3 is 2.79 bits per heavy atom. The van der Waals surface area contributed by atoms with Crippen molar-refractivity contribution in [3.8, 4) is 0 Å². The summed E-state index contributed by atoms with van der Waals surface area (Å²) in [4.78, 5) is 14.4. The van der Waals surface area contributed by atoms with Gasteiger partial charge in [0, 0.05) is 34.3 Å². The molecule has 0 saturated carbocycles. The van der Waals surface area contributed by atoms with Crippen molar-refractivity contribution in [2.45, 2.75) is 25.9 Å². The van der Waals surface area contributed by atoms with Crippen molar-refractivity contribution in [2.24, 2.45) is 0 Å². The lowest BCUT2D eigenvalue weighted by Gasteiger charge is -2.37. The van der Waals surface area contributed by atoms with Gasteiger partial charge < -0.3 is 10.2 Å². The van der Waals surface area contributed by atoms with E-state index in [9.17, 15) is 4.79 Å². The molecule has 0 aliphatic carbocycles. The van der Waals surface area contributed by atoms with E-state index in [0.29, 0.717) is 16.6 Å². The lowest BCUT2D eigenvalue weighted by atomic mass is 10.1. The first kappa shape index (κ1) is 17.0. The number of hydrogen-bond acceptors (Lipinski definition) is 2. The number of nitrogens with zero attached hydrogens (tertiary/aromatic N) is 1. The number of benzene rings is 1. The van der Waals surface area contributed by atoms with Gasteiger partial charge in [0.1, 0.15) is 0 Å². The zero-order valence-corrected chi connectivity index (χ0v) is 14.6. The maximum absolute atomic E-state index is 12.5. The summed E-state index contributed by atoms with van der Waals surface area (Å²) in [6.07, 6.45) is 0. The predicted molar refractivity (Wildman–Crippen MR) is 89.4 cm³/mol. The number of amides is 1. The molecule has 1 aromatic carbocycles. The number of piperazine rings is 1. The van der Waals surface area contributed by atoms with E-state index in [4.69, 9.17) is 11.6 Å². The molecule has 1 aliphatic rings. The number of halogens is 3. The summed E-state index contributed by atoms with van der Waals surface area (Å²) >= 11 is 8.23. The highest BCUT2D eigenvalue weighted by Gasteiger charge is 2.27. The Hall–Kier alpha value is -0.0400. The molecule has 2 unspecified atom stereocenters. The van der Waals surface area contributed by atoms with E-state index in [1.807, 2.05) is 17.0 Å². The summed E-state index contributed by atoms with van der Waals surface area (Å²) in [5.74, 6) is 0.0640. The molecule has 1 fully saturated rings. The van der Waals surface area contributed by atoms with Gasteiger partial charge in [-0.1, -0.05) is 11.6 Å². The molecule has 1 amide bonds. The van der Waals surface area contributed by atoms with E-state index in [0.717, 1.165) is 16.7 Å². The fourth-order valence-electron chi connectivity index (χ4n) is 2.10. The van der Waals surface area contributed by atoms with Gasteiger partial charge in [0.25, 0.3) is 5.91 Å². The van der Waals surface area contributed by atoms with Gasteiger partial charge in [-0.3, -0.25) is 4.79 Å². The van der Waals surface area contributed by atoms with Crippen LogP contribution < -0.4 is 5.32 Å². The Morgan fingerprint density at radius 2 is 2.16 bits per heavy atom. The van der Waals surface area contributed by atoms with Crippen LogP contribution in [0.3, 0.4) is 0 Å². The molecule has 106 valence electrons. The lowest BCUT2D eigenvalue weighted by molar-refractivity contribution is 0.0616. The molecule has 6 heteroatoms. The monoisotopic (exact) mass is 414 g/mol. The highest BCUT2D eigenvalue weighted by molar-refractivity contribution is 14.1. The van der Waals surface area contributed by atoms with Crippen LogP contribution in [-0.4, -0.2) is 36.0 Å². The van der Waals surface area contributed by atoms with E-state index in [2.05, 4.69) is 41.8 Å². The zero-order chi connectivity index (χ0) is 13.3. The Morgan fingerprint density at radius 1 is 1.47 bits per heavy atom. The number of rotatable bonds is 1. The molecule has 0 bridgehead atoms. The van der Waals surface area contributed by atoms with Crippen molar-refractivity contribution in [1.82, 2.24) is 10.2 Å². The summed E-state index contributed by atoms with van der Waals surface area (Å²) < 4.78 is 0.965. The second-order valence-electron chi connectivity index (χ2n) is 4.74. The van der Waals surface area contributed by atoms with Gasteiger partial charge >= 0.3 is 0 Å². The molecule has 3 nitrogen and oxygen atoms in total. The molecule has 19 heavy (non-hydrogen) atoms. The average molecular weight is 415 g/mol. The number of carbonyl (C=O) groups is 1. The summed E-state index contributed by atoms with van der Waals surface area (Å²) in [6.45, 7) is 5.73. The standard InChI is InChI=1S/C13H16ClIN2O.ClH/c1-8-7-17(9(2)6-16-8)13(18)10-3-4-12(15)11(14)5-10;/h3-5,8-9,16H,6-7H2,1-2H3;1H. The topological polar surface area (TPSA) is 32.3 Å². The fourth-order valence-corrected chi connectivity index (χ4v) is 2.62. The predicted octanol–water partition coefficient (Wildman–Crippen LogP) is 3.19. The largest absolute Gasteiger partial charge is 0.333 e. The molecule has 1 heterocycles. The Labute approximate surface area is 138 Å². The van der Waals surface area contributed by atoms with Gasteiger partial charge in [0.05, 0.1) is 5.02 Å². The molecule has 0 radical (unpaired) electrons.